The van der Waals surface area contributed by atoms with Crippen molar-refractivity contribution in [3.8, 4) is 5.75 Å². The molecule has 180 valence electrons. The predicted molar refractivity (Wildman–Crippen MR) is 138 cm³/mol. The summed E-state index contributed by atoms with van der Waals surface area (Å²) in [6.07, 6.45) is 0.712. The van der Waals surface area contributed by atoms with Gasteiger partial charge in [-0.3, -0.25) is 14.5 Å². The summed E-state index contributed by atoms with van der Waals surface area (Å²) in [7, 11) is 0. The molecule has 1 aliphatic rings. The van der Waals surface area contributed by atoms with Crippen molar-refractivity contribution in [2.45, 2.75) is 25.0 Å². The maximum Gasteiger partial charge on any atom is 0.238 e. The second-order valence-electron chi connectivity index (χ2n) is 7.91. The normalized spacial score (nSPS) is 16.9. The van der Waals surface area contributed by atoms with Gasteiger partial charge >= 0.3 is 0 Å². The Kier molecular flexibility index (Phi) is 8.15. The lowest BCUT2D eigenvalue weighted by Crippen LogP contribution is -2.46. The van der Waals surface area contributed by atoms with Crippen molar-refractivity contribution in [1.29, 1.82) is 0 Å². The molecule has 6 nitrogen and oxygen atoms in total. The average molecular weight is 492 g/mol. The molecule has 3 aromatic rings. The summed E-state index contributed by atoms with van der Waals surface area (Å²) in [5, 5.41) is 2.66. The predicted octanol–water partition coefficient (Wildman–Crippen LogP) is 5.43. The van der Waals surface area contributed by atoms with Crippen LogP contribution in [0.3, 0.4) is 0 Å². The first-order chi connectivity index (χ1) is 17.0. The maximum absolute atomic E-state index is 13.4. The topological polar surface area (TPSA) is 71.0 Å². The zero-order valence-corrected chi connectivity index (χ0v) is 20.1. The number of nitrogens with one attached hydrogen (secondary N) is 1. The number of rotatable bonds is 8. The first-order valence-corrected chi connectivity index (χ1v) is 12.3. The highest BCUT2D eigenvalue weighted by Gasteiger charge is 2.35. The summed E-state index contributed by atoms with van der Waals surface area (Å²) in [6, 6.07) is 22.7. The lowest BCUT2D eigenvalue weighted by molar-refractivity contribution is -0.129. The molecule has 4 rings (SSSR count). The molecule has 0 spiro atoms. The SMILES string of the molecule is CCOc1ccc(NC(=O)C2CC(=O)N(CCc3ccccc3)C(=Nc3ccc(F)cc3)S2)cc1. The fraction of sp³-hybridized carbons (Fsp3) is 0.222. The van der Waals surface area contributed by atoms with Crippen LogP contribution >= 0.6 is 11.8 Å². The van der Waals surface area contributed by atoms with E-state index in [0.717, 1.165) is 11.3 Å². The molecule has 1 atom stereocenters. The number of halogens is 1. The molecule has 1 saturated heterocycles. The molecule has 1 fully saturated rings. The zero-order chi connectivity index (χ0) is 24.6. The molecule has 1 heterocycles. The Morgan fingerprint density at radius 2 is 1.80 bits per heavy atom. The van der Waals surface area contributed by atoms with E-state index < -0.39 is 5.25 Å². The minimum Gasteiger partial charge on any atom is -0.494 e. The summed E-state index contributed by atoms with van der Waals surface area (Å²) in [6.45, 7) is 2.90. The van der Waals surface area contributed by atoms with E-state index in [2.05, 4.69) is 10.3 Å². The van der Waals surface area contributed by atoms with E-state index in [4.69, 9.17) is 4.74 Å². The lowest BCUT2D eigenvalue weighted by atomic mass is 10.1. The van der Waals surface area contributed by atoms with Crippen molar-refractivity contribution in [1.82, 2.24) is 4.90 Å². The molecule has 35 heavy (non-hydrogen) atoms. The van der Waals surface area contributed by atoms with Gasteiger partial charge in [-0.05, 0) is 67.4 Å². The maximum atomic E-state index is 13.4. The number of nitrogens with zero attached hydrogens (tertiary/aromatic N) is 2. The number of benzene rings is 3. The molecule has 0 aromatic heterocycles. The molecular formula is C27H26FN3O3S. The average Bonchev–Trinajstić information content (AvgIpc) is 2.87. The van der Waals surface area contributed by atoms with E-state index in [1.807, 2.05) is 37.3 Å². The van der Waals surface area contributed by atoms with E-state index in [-0.39, 0.29) is 24.1 Å². The summed E-state index contributed by atoms with van der Waals surface area (Å²) in [5.41, 5.74) is 2.23. The van der Waals surface area contributed by atoms with Crippen LogP contribution in [0.2, 0.25) is 0 Å². The van der Waals surface area contributed by atoms with Gasteiger partial charge in [0.1, 0.15) is 16.8 Å². The molecule has 1 aliphatic heterocycles. The van der Waals surface area contributed by atoms with Crippen molar-refractivity contribution in [3.05, 3.63) is 90.2 Å². The smallest absolute Gasteiger partial charge is 0.238 e. The molecule has 1 unspecified atom stereocenters. The third-order valence-corrected chi connectivity index (χ3v) is 6.57. The Morgan fingerprint density at radius 3 is 2.49 bits per heavy atom. The van der Waals surface area contributed by atoms with Crippen LogP contribution in [-0.4, -0.2) is 40.3 Å². The molecule has 0 bridgehead atoms. The van der Waals surface area contributed by atoms with Crippen LogP contribution in [0.15, 0.2) is 83.9 Å². The number of aliphatic imine (C=N–C) groups is 1. The van der Waals surface area contributed by atoms with Crippen molar-refractivity contribution >= 4 is 40.1 Å². The van der Waals surface area contributed by atoms with Gasteiger partial charge in [0, 0.05) is 18.7 Å². The van der Waals surface area contributed by atoms with Crippen LogP contribution in [0.5, 0.6) is 5.75 Å². The standard InChI is InChI=1S/C27H26FN3O3S/c1-2-34-23-14-12-21(13-15-23)29-26(33)24-18-25(32)31(17-16-19-6-4-3-5-7-19)27(35-24)30-22-10-8-20(28)9-11-22/h3-15,24H,2,16-18H2,1H3,(H,29,33). The van der Waals surface area contributed by atoms with Crippen LogP contribution in [0.4, 0.5) is 15.8 Å². The molecule has 3 aromatic carbocycles. The first kappa shape index (κ1) is 24.5. The van der Waals surface area contributed by atoms with Crippen LogP contribution in [0.1, 0.15) is 18.9 Å². The fourth-order valence-electron chi connectivity index (χ4n) is 3.60. The Labute approximate surface area is 208 Å². The lowest BCUT2D eigenvalue weighted by Gasteiger charge is -2.32. The van der Waals surface area contributed by atoms with Gasteiger partial charge in [-0.1, -0.05) is 42.1 Å². The van der Waals surface area contributed by atoms with Crippen molar-refractivity contribution in [3.63, 3.8) is 0 Å². The number of carbonyl (C=O) groups is 2. The van der Waals surface area contributed by atoms with Crippen LogP contribution in [-0.2, 0) is 16.0 Å². The molecule has 8 heteroatoms. The van der Waals surface area contributed by atoms with E-state index in [0.29, 0.717) is 36.1 Å². The van der Waals surface area contributed by atoms with E-state index >= 15 is 0 Å². The first-order valence-electron chi connectivity index (χ1n) is 11.4. The molecule has 1 N–H and O–H groups in total. The van der Waals surface area contributed by atoms with Gasteiger partial charge < -0.3 is 10.1 Å². The van der Waals surface area contributed by atoms with Gasteiger partial charge in [-0.2, -0.15) is 0 Å². The van der Waals surface area contributed by atoms with Crippen LogP contribution < -0.4 is 10.1 Å². The van der Waals surface area contributed by atoms with Gasteiger partial charge in [-0.25, -0.2) is 9.38 Å². The van der Waals surface area contributed by atoms with E-state index in [1.54, 1.807) is 41.3 Å². The molecular weight excluding hydrogens is 465 g/mol. The number of amidine groups is 1. The summed E-state index contributed by atoms with van der Waals surface area (Å²) >= 11 is 1.24. The molecule has 2 amide bonds. The van der Waals surface area contributed by atoms with Crippen molar-refractivity contribution < 1.29 is 18.7 Å². The Hall–Kier alpha value is -3.65. The number of anilines is 1. The number of hydrogen-bond donors (Lipinski definition) is 1. The summed E-state index contributed by atoms with van der Waals surface area (Å²) < 4.78 is 18.8. The number of ether oxygens (including phenoxy) is 1. The molecule has 0 saturated carbocycles. The molecule has 0 aliphatic carbocycles. The van der Waals surface area contributed by atoms with Gasteiger partial charge in [0.15, 0.2) is 5.17 Å². The Bertz CT molecular complexity index is 1180. The minimum absolute atomic E-state index is 0.0603. The zero-order valence-electron chi connectivity index (χ0n) is 19.3. The quantitative estimate of drug-likeness (QED) is 0.456. The van der Waals surface area contributed by atoms with Crippen LogP contribution in [0, 0.1) is 5.82 Å². The van der Waals surface area contributed by atoms with Crippen molar-refractivity contribution in [2.24, 2.45) is 4.99 Å². The Balaban J connectivity index is 1.51. The summed E-state index contributed by atoms with van der Waals surface area (Å²) in [5.74, 6) is -0.0974. The highest BCUT2D eigenvalue weighted by molar-refractivity contribution is 8.15. The number of amides is 2. The fourth-order valence-corrected chi connectivity index (χ4v) is 4.72. The third-order valence-electron chi connectivity index (χ3n) is 5.38. The van der Waals surface area contributed by atoms with E-state index in [1.165, 1.54) is 23.9 Å². The van der Waals surface area contributed by atoms with Gasteiger partial charge in [0.25, 0.3) is 0 Å². The monoisotopic (exact) mass is 491 g/mol. The second-order valence-corrected chi connectivity index (χ2v) is 9.08. The van der Waals surface area contributed by atoms with Gasteiger partial charge in [-0.15, -0.1) is 0 Å². The van der Waals surface area contributed by atoms with Crippen molar-refractivity contribution in [2.75, 3.05) is 18.5 Å². The highest BCUT2D eigenvalue weighted by Crippen LogP contribution is 2.30. The Morgan fingerprint density at radius 1 is 1.09 bits per heavy atom. The van der Waals surface area contributed by atoms with Gasteiger partial charge in [0.2, 0.25) is 11.8 Å². The largest absolute Gasteiger partial charge is 0.494 e. The number of hydrogen-bond acceptors (Lipinski definition) is 5. The van der Waals surface area contributed by atoms with E-state index in [9.17, 15) is 14.0 Å². The number of carbonyl (C=O) groups excluding carboxylic acids is 2. The third kappa shape index (κ3) is 6.70. The number of thioether (sulfide) groups is 1. The van der Waals surface area contributed by atoms with Gasteiger partial charge in [0.05, 0.1) is 12.3 Å². The minimum atomic E-state index is -0.638. The van der Waals surface area contributed by atoms with Crippen LogP contribution in [0.25, 0.3) is 0 Å². The summed E-state index contributed by atoms with van der Waals surface area (Å²) in [4.78, 5) is 32.4. The molecule has 0 radical (unpaired) electrons. The second kappa shape index (κ2) is 11.7. The highest BCUT2D eigenvalue weighted by atomic mass is 32.2.